The lowest BCUT2D eigenvalue weighted by Gasteiger charge is -2.44. The molecule has 0 bridgehead atoms. The average Bonchev–Trinajstić information content (AvgIpc) is 2.83. The number of pyridine rings is 1. The number of anilines is 2. The number of hydrogen-bond acceptors (Lipinski definition) is 5. The highest BCUT2D eigenvalue weighted by atomic mass is 16.3. The maximum atomic E-state index is 13.8. The highest BCUT2D eigenvalue weighted by molar-refractivity contribution is 6.10. The zero-order valence-corrected chi connectivity index (χ0v) is 21.8. The second-order valence-electron chi connectivity index (χ2n) is 10.4. The Bertz CT molecular complexity index is 1350. The standard InChI is InChI=1S/C30H33N3O4/c1-17-8-10-19(3)22(13-17)32-28(35)26-24(34)15-30(5,37)27(25(26)21-7-6-12-31-16-21)29(36)33-23-14-18(2)9-11-20(23)4/h6-14,16,25-27,37H,15H2,1-5H3,(H,32,35)(H,33,36). The minimum Gasteiger partial charge on any atom is -0.389 e. The Balaban J connectivity index is 1.77. The zero-order chi connectivity index (χ0) is 26.9. The van der Waals surface area contributed by atoms with Gasteiger partial charge in [-0.3, -0.25) is 19.4 Å². The Morgan fingerprint density at radius 2 is 1.49 bits per heavy atom. The molecule has 0 radical (unpaired) electrons. The van der Waals surface area contributed by atoms with Gasteiger partial charge in [0.1, 0.15) is 11.7 Å². The lowest BCUT2D eigenvalue weighted by molar-refractivity contribution is -0.150. The molecule has 1 aliphatic carbocycles. The van der Waals surface area contributed by atoms with Gasteiger partial charge in [0.25, 0.3) is 0 Å². The van der Waals surface area contributed by atoms with Gasteiger partial charge in [0.2, 0.25) is 11.8 Å². The van der Waals surface area contributed by atoms with E-state index in [-0.39, 0.29) is 6.42 Å². The van der Waals surface area contributed by atoms with Crippen molar-refractivity contribution < 1.29 is 19.5 Å². The molecule has 1 saturated carbocycles. The molecule has 0 saturated heterocycles. The molecular formula is C30H33N3O4. The largest absolute Gasteiger partial charge is 0.389 e. The predicted octanol–water partition coefficient (Wildman–Crippen LogP) is 4.63. The summed E-state index contributed by atoms with van der Waals surface area (Å²) in [4.78, 5) is 45.1. The van der Waals surface area contributed by atoms with E-state index in [2.05, 4.69) is 15.6 Å². The molecule has 7 nitrogen and oxygen atoms in total. The maximum Gasteiger partial charge on any atom is 0.235 e. The van der Waals surface area contributed by atoms with Crippen LogP contribution in [0.3, 0.4) is 0 Å². The number of carbonyl (C=O) groups excluding carboxylic acids is 3. The summed E-state index contributed by atoms with van der Waals surface area (Å²) < 4.78 is 0. The van der Waals surface area contributed by atoms with E-state index in [1.165, 1.54) is 6.92 Å². The molecule has 37 heavy (non-hydrogen) atoms. The highest BCUT2D eigenvalue weighted by Crippen LogP contribution is 2.46. The van der Waals surface area contributed by atoms with Crippen molar-refractivity contribution in [1.82, 2.24) is 4.98 Å². The van der Waals surface area contributed by atoms with Crippen molar-refractivity contribution in [2.24, 2.45) is 11.8 Å². The van der Waals surface area contributed by atoms with Crippen molar-refractivity contribution in [3.05, 3.63) is 88.7 Å². The first kappa shape index (κ1) is 26.2. The quantitative estimate of drug-likeness (QED) is 0.444. The van der Waals surface area contributed by atoms with Crippen LogP contribution in [0, 0.1) is 39.5 Å². The van der Waals surface area contributed by atoms with E-state index in [0.29, 0.717) is 16.9 Å². The fourth-order valence-electron chi connectivity index (χ4n) is 5.23. The van der Waals surface area contributed by atoms with Crippen LogP contribution in [0.1, 0.15) is 47.1 Å². The van der Waals surface area contributed by atoms with Gasteiger partial charge in [-0.1, -0.05) is 30.3 Å². The van der Waals surface area contributed by atoms with Crippen LogP contribution in [0.2, 0.25) is 0 Å². The lowest BCUT2D eigenvalue weighted by Crippen LogP contribution is -2.56. The number of nitrogens with one attached hydrogen (secondary N) is 2. The number of Topliss-reactive ketones (excluding diaryl/α,β-unsaturated/α-hetero) is 1. The zero-order valence-electron chi connectivity index (χ0n) is 21.8. The molecule has 0 aliphatic heterocycles. The highest BCUT2D eigenvalue weighted by Gasteiger charge is 2.56. The van der Waals surface area contributed by atoms with Crippen molar-refractivity contribution in [2.75, 3.05) is 10.6 Å². The SMILES string of the molecule is Cc1ccc(C)c(NC(=O)C2C(=O)CC(C)(O)C(C(=O)Nc3cc(C)ccc3C)C2c2cccnc2)c1. The normalized spacial score (nSPS) is 23.4. The first-order valence-electron chi connectivity index (χ1n) is 12.4. The molecule has 1 aromatic heterocycles. The Morgan fingerprint density at radius 3 is 2.03 bits per heavy atom. The van der Waals surface area contributed by atoms with Gasteiger partial charge < -0.3 is 15.7 Å². The number of ketones is 1. The van der Waals surface area contributed by atoms with Gasteiger partial charge in [-0.05, 0) is 80.6 Å². The summed E-state index contributed by atoms with van der Waals surface area (Å²) >= 11 is 0. The number of nitrogens with zero attached hydrogens (tertiary/aromatic N) is 1. The van der Waals surface area contributed by atoms with Crippen LogP contribution >= 0.6 is 0 Å². The molecule has 4 atom stereocenters. The molecule has 192 valence electrons. The number of aliphatic hydroxyl groups is 1. The first-order chi connectivity index (χ1) is 17.5. The van der Waals surface area contributed by atoms with Crippen molar-refractivity contribution in [3.63, 3.8) is 0 Å². The first-order valence-corrected chi connectivity index (χ1v) is 12.4. The Hall–Kier alpha value is -3.84. The van der Waals surface area contributed by atoms with Crippen molar-refractivity contribution in [3.8, 4) is 0 Å². The van der Waals surface area contributed by atoms with Gasteiger partial charge in [-0.15, -0.1) is 0 Å². The van der Waals surface area contributed by atoms with Gasteiger partial charge >= 0.3 is 0 Å². The minimum absolute atomic E-state index is 0.320. The Labute approximate surface area is 217 Å². The van der Waals surface area contributed by atoms with E-state index >= 15 is 0 Å². The number of benzene rings is 2. The topological polar surface area (TPSA) is 108 Å². The third-order valence-corrected chi connectivity index (χ3v) is 7.20. The summed E-state index contributed by atoms with van der Waals surface area (Å²) in [5.74, 6) is -4.56. The third-order valence-electron chi connectivity index (χ3n) is 7.20. The van der Waals surface area contributed by atoms with Crippen LogP contribution in [-0.2, 0) is 14.4 Å². The number of carbonyl (C=O) groups is 3. The maximum absolute atomic E-state index is 13.8. The van der Waals surface area contributed by atoms with Crippen LogP contribution in [0.4, 0.5) is 11.4 Å². The molecule has 3 aromatic rings. The molecule has 1 heterocycles. The minimum atomic E-state index is -1.67. The summed E-state index contributed by atoms with van der Waals surface area (Å²) in [7, 11) is 0. The van der Waals surface area contributed by atoms with Crippen LogP contribution in [0.25, 0.3) is 0 Å². The van der Waals surface area contributed by atoms with Crippen LogP contribution in [0.5, 0.6) is 0 Å². The van der Waals surface area contributed by atoms with Gasteiger partial charge in [-0.25, -0.2) is 0 Å². The molecule has 4 unspecified atom stereocenters. The van der Waals surface area contributed by atoms with E-state index < -0.39 is 41.0 Å². The fraction of sp³-hybridized carbons (Fsp3) is 0.333. The Kier molecular flexibility index (Phi) is 7.28. The molecule has 7 heteroatoms. The number of aryl methyl sites for hydroxylation is 4. The van der Waals surface area contributed by atoms with Crippen LogP contribution in [-0.4, -0.2) is 33.3 Å². The molecule has 2 aromatic carbocycles. The molecular weight excluding hydrogens is 466 g/mol. The molecule has 4 rings (SSSR count). The summed E-state index contributed by atoms with van der Waals surface area (Å²) in [6, 6.07) is 14.8. The van der Waals surface area contributed by atoms with Crippen LogP contribution in [0.15, 0.2) is 60.9 Å². The number of amides is 2. The van der Waals surface area contributed by atoms with Gasteiger partial charge in [0.15, 0.2) is 0 Å². The number of rotatable bonds is 5. The predicted molar refractivity (Wildman–Crippen MR) is 143 cm³/mol. The van der Waals surface area contributed by atoms with Gasteiger partial charge in [0, 0.05) is 36.1 Å². The second-order valence-corrected chi connectivity index (χ2v) is 10.4. The fourth-order valence-corrected chi connectivity index (χ4v) is 5.23. The Morgan fingerprint density at radius 1 is 0.919 bits per heavy atom. The molecule has 1 aliphatic rings. The second kappa shape index (κ2) is 10.3. The molecule has 0 spiro atoms. The van der Waals surface area contributed by atoms with E-state index in [1.807, 2.05) is 64.1 Å². The van der Waals surface area contributed by atoms with Crippen molar-refractivity contribution >= 4 is 29.0 Å². The third kappa shape index (κ3) is 5.47. The summed E-state index contributed by atoms with van der Waals surface area (Å²) in [5, 5.41) is 17.3. The summed E-state index contributed by atoms with van der Waals surface area (Å²) in [6.45, 7) is 9.10. The van der Waals surface area contributed by atoms with Crippen molar-refractivity contribution in [2.45, 2.75) is 52.6 Å². The summed E-state index contributed by atoms with van der Waals surface area (Å²) in [6.07, 6.45) is 2.82. The van der Waals surface area contributed by atoms with Gasteiger partial charge in [0.05, 0.1) is 11.5 Å². The van der Waals surface area contributed by atoms with E-state index in [9.17, 15) is 19.5 Å². The lowest BCUT2D eigenvalue weighted by atomic mass is 9.61. The number of aromatic nitrogens is 1. The molecule has 1 fully saturated rings. The van der Waals surface area contributed by atoms with Gasteiger partial charge in [-0.2, -0.15) is 0 Å². The number of hydrogen-bond donors (Lipinski definition) is 3. The summed E-state index contributed by atoms with van der Waals surface area (Å²) in [5.41, 5.74) is 3.77. The van der Waals surface area contributed by atoms with E-state index in [0.717, 1.165) is 22.3 Å². The van der Waals surface area contributed by atoms with E-state index in [1.54, 1.807) is 24.5 Å². The molecule has 2 amide bonds. The average molecular weight is 500 g/mol. The molecule has 3 N–H and O–H groups in total. The van der Waals surface area contributed by atoms with Crippen LogP contribution < -0.4 is 10.6 Å². The van der Waals surface area contributed by atoms with Crippen molar-refractivity contribution in [1.29, 1.82) is 0 Å². The monoisotopic (exact) mass is 499 g/mol. The van der Waals surface area contributed by atoms with E-state index in [4.69, 9.17) is 0 Å². The smallest absolute Gasteiger partial charge is 0.235 e.